The van der Waals surface area contributed by atoms with E-state index in [9.17, 15) is 9.59 Å². The molecule has 26 heavy (non-hydrogen) atoms. The molecule has 2 aromatic heterocycles. The molecule has 0 fully saturated rings. The molecule has 0 aliphatic carbocycles. The van der Waals surface area contributed by atoms with Gasteiger partial charge in [0.15, 0.2) is 0 Å². The third-order valence-electron chi connectivity index (χ3n) is 4.16. The van der Waals surface area contributed by atoms with Crippen molar-refractivity contribution in [1.29, 1.82) is 0 Å². The number of rotatable bonds is 11. The summed E-state index contributed by atoms with van der Waals surface area (Å²) in [7, 11) is 0. The maximum atomic E-state index is 12.9. The van der Waals surface area contributed by atoms with Crippen LogP contribution in [0.4, 0.5) is 0 Å². The lowest BCUT2D eigenvalue weighted by Crippen LogP contribution is -2.32. The Balaban J connectivity index is 2.08. The molecule has 6 nitrogen and oxygen atoms in total. The summed E-state index contributed by atoms with van der Waals surface area (Å²) >= 11 is 1.48. The minimum atomic E-state index is -0.930. The lowest BCUT2D eigenvalue weighted by atomic mass is 10.2. The number of nitrogens with zero attached hydrogens (tertiary/aromatic N) is 3. The molecule has 1 amide bonds. The van der Waals surface area contributed by atoms with Crippen molar-refractivity contribution in [1.82, 2.24) is 14.7 Å². The van der Waals surface area contributed by atoms with Crippen LogP contribution in [0.1, 0.15) is 56.3 Å². The van der Waals surface area contributed by atoms with Crippen molar-refractivity contribution in [2.45, 2.75) is 52.5 Å². The summed E-state index contributed by atoms with van der Waals surface area (Å²) in [5.74, 6) is -0.852. The molecule has 1 N–H and O–H groups in total. The smallest absolute Gasteiger partial charge is 0.325 e. The van der Waals surface area contributed by atoms with Crippen LogP contribution in [0.5, 0.6) is 0 Å². The number of aliphatic carboxylic acids is 1. The molecule has 7 heteroatoms. The summed E-state index contributed by atoms with van der Waals surface area (Å²) < 4.78 is 1.39. The number of carboxylic acids is 1. The fourth-order valence-electron chi connectivity index (χ4n) is 2.71. The minimum absolute atomic E-state index is 0.0787. The number of unbranched alkanes of at least 4 members (excludes halogenated alkanes) is 3. The van der Waals surface area contributed by atoms with Gasteiger partial charge in [0, 0.05) is 35.1 Å². The van der Waals surface area contributed by atoms with Gasteiger partial charge in [-0.3, -0.25) is 14.3 Å². The number of carbonyl (C=O) groups is 2. The van der Waals surface area contributed by atoms with Crippen molar-refractivity contribution >= 4 is 23.2 Å². The molecule has 0 saturated carbocycles. The van der Waals surface area contributed by atoms with Gasteiger partial charge in [0.25, 0.3) is 5.91 Å². The maximum absolute atomic E-state index is 12.9. The predicted molar refractivity (Wildman–Crippen MR) is 104 cm³/mol. The normalized spacial score (nSPS) is 10.8. The van der Waals surface area contributed by atoms with Gasteiger partial charge in [-0.25, -0.2) is 0 Å². The summed E-state index contributed by atoms with van der Waals surface area (Å²) in [6, 6.07) is 1.88. The number of hydrogen-bond acceptors (Lipinski definition) is 4. The molecule has 0 spiro atoms. The summed E-state index contributed by atoms with van der Waals surface area (Å²) in [5.41, 5.74) is 1.53. The fourth-order valence-corrected chi connectivity index (χ4v) is 3.57. The highest BCUT2D eigenvalue weighted by Crippen LogP contribution is 2.27. The molecule has 0 radical (unpaired) electrons. The summed E-state index contributed by atoms with van der Waals surface area (Å²) in [5, 5.41) is 14.8. The minimum Gasteiger partial charge on any atom is -0.480 e. The van der Waals surface area contributed by atoms with Crippen LogP contribution in [0.2, 0.25) is 0 Å². The molecule has 2 aromatic rings. The lowest BCUT2D eigenvalue weighted by molar-refractivity contribution is -0.137. The zero-order valence-corrected chi connectivity index (χ0v) is 16.3. The van der Waals surface area contributed by atoms with Crippen molar-refractivity contribution in [3.8, 4) is 10.4 Å². The van der Waals surface area contributed by atoms with E-state index < -0.39 is 5.97 Å². The fraction of sp³-hybridized carbons (Fsp3) is 0.526. The number of aromatic nitrogens is 2. The van der Waals surface area contributed by atoms with Crippen LogP contribution in [-0.2, 0) is 11.3 Å². The SMILES string of the molecule is CCCCCN(CCCC)C(=O)c1csc(-c2cnn(CC(=O)O)c2)c1. The first-order valence-corrected chi connectivity index (χ1v) is 10.1. The molecule has 0 aliphatic heterocycles. The van der Waals surface area contributed by atoms with E-state index in [-0.39, 0.29) is 12.5 Å². The van der Waals surface area contributed by atoms with E-state index in [0.717, 1.165) is 55.6 Å². The number of thiophene rings is 1. The maximum Gasteiger partial charge on any atom is 0.325 e. The van der Waals surface area contributed by atoms with Gasteiger partial charge in [-0.05, 0) is 18.9 Å². The second kappa shape index (κ2) is 10.1. The van der Waals surface area contributed by atoms with Crippen molar-refractivity contribution < 1.29 is 14.7 Å². The Kier molecular flexibility index (Phi) is 7.84. The molecule has 142 valence electrons. The van der Waals surface area contributed by atoms with Crippen LogP contribution >= 0.6 is 11.3 Å². The van der Waals surface area contributed by atoms with Gasteiger partial charge in [-0.15, -0.1) is 11.3 Å². The molecule has 0 atom stereocenters. The predicted octanol–water partition coefficient (Wildman–Crippen LogP) is 4.13. The molecular formula is C19H27N3O3S. The summed E-state index contributed by atoms with van der Waals surface area (Å²) in [6.07, 6.45) is 8.71. The molecule has 0 bridgehead atoms. The topological polar surface area (TPSA) is 75.4 Å². The molecule has 2 heterocycles. The van der Waals surface area contributed by atoms with E-state index in [4.69, 9.17) is 5.11 Å². The Bertz CT molecular complexity index is 723. The van der Waals surface area contributed by atoms with Gasteiger partial charge < -0.3 is 10.0 Å². The van der Waals surface area contributed by atoms with Crippen LogP contribution < -0.4 is 0 Å². The third kappa shape index (κ3) is 5.69. The Labute approximate surface area is 158 Å². The molecular weight excluding hydrogens is 350 g/mol. The van der Waals surface area contributed by atoms with Gasteiger partial charge in [-0.1, -0.05) is 33.1 Å². The van der Waals surface area contributed by atoms with Crippen molar-refractivity contribution in [2.75, 3.05) is 13.1 Å². The average molecular weight is 378 g/mol. The number of carboxylic acid groups (broad SMARTS) is 1. The first kappa shape index (κ1) is 20.2. The van der Waals surface area contributed by atoms with Crippen molar-refractivity contribution in [3.63, 3.8) is 0 Å². The first-order valence-electron chi connectivity index (χ1n) is 9.17. The van der Waals surface area contributed by atoms with Crippen LogP contribution in [0.25, 0.3) is 10.4 Å². The highest BCUT2D eigenvalue weighted by atomic mass is 32.1. The monoisotopic (exact) mass is 377 g/mol. The van der Waals surface area contributed by atoms with Gasteiger partial charge in [0.1, 0.15) is 6.54 Å². The summed E-state index contributed by atoms with van der Waals surface area (Å²) in [6.45, 7) is 5.72. The van der Waals surface area contributed by atoms with Crippen LogP contribution in [0, 0.1) is 0 Å². The Morgan fingerprint density at radius 1 is 1.19 bits per heavy atom. The Morgan fingerprint density at radius 2 is 1.92 bits per heavy atom. The molecule has 0 aromatic carbocycles. The zero-order chi connectivity index (χ0) is 18.9. The standard InChI is InChI=1S/C19H27N3O3S/c1-3-5-7-9-21(8-6-4-2)19(25)15-10-17(26-14-15)16-11-20-22(12-16)13-18(23)24/h10-12,14H,3-9,13H2,1-2H3,(H,23,24). The lowest BCUT2D eigenvalue weighted by Gasteiger charge is -2.22. The Hall–Kier alpha value is -2.15. The van der Waals surface area contributed by atoms with E-state index in [1.54, 1.807) is 12.4 Å². The molecule has 2 rings (SSSR count). The average Bonchev–Trinajstić information content (AvgIpc) is 3.26. The van der Waals surface area contributed by atoms with Crippen molar-refractivity contribution in [3.05, 3.63) is 29.4 Å². The van der Waals surface area contributed by atoms with Gasteiger partial charge in [-0.2, -0.15) is 5.10 Å². The van der Waals surface area contributed by atoms with Crippen molar-refractivity contribution in [2.24, 2.45) is 0 Å². The molecule has 0 aliphatic rings. The second-order valence-corrected chi connectivity index (χ2v) is 7.28. The number of hydrogen-bond donors (Lipinski definition) is 1. The van der Waals surface area contributed by atoms with Gasteiger partial charge in [0.2, 0.25) is 0 Å². The Morgan fingerprint density at radius 3 is 2.62 bits per heavy atom. The third-order valence-corrected chi connectivity index (χ3v) is 5.14. The molecule has 0 saturated heterocycles. The van der Waals surface area contributed by atoms with E-state index in [1.165, 1.54) is 16.0 Å². The zero-order valence-electron chi connectivity index (χ0n) is 15.5. The number of carbonyl (C=O) groups excluding carboxylic acids is 1. The van der Waals surface area contributed by atoms with Gasteiger partial charge >= 0.3 is 5.97 Å². The van der Waals surface area contributed by atoms with E-state index in [0.29, 0.717) is 5.56 Å². The highest BCUT2D eigenvalue weighted by Gasteiger charge is 2.17. The van der Waals surface area contributed by atoms with Crippen LogP contribution in [0.15, 0.2) is 23.8 Å². The van der Waals surface area contributed by atoms with Gasteiger partial charge in [0.05, 0.1) is 11.8 Å². The largest absolute Gasteiger partial charge is 0.480 e. The highest BCUT2D eigenvalue weighted by molar-refractivity contribution is 7.13. The van der Waals surface area contributed by atoms with E-state index in [1.807, 2.05) is 16.3 Å². The van der Waals surface area contributed by atoms with E-state index >= 15 is 0 Å². The first-order chi connectivity index (χ1) is 12.5. The molecule has 0 unspecified atom stereocenters. The van der Waals surface area contributed by atoms with Crippen LogP contribution in [-0.4, -0.2) is 44.8 Å². The number of amides is 1. The quantitative estimate of drug-likeness (QED) is 0.598. The van der Waals surface area contributed by atoms with E-state index in [2.05, 4.69) is 18.9 Å². The summed E-state index contributed by atoms with van der Waals surface area (Å²) in [4.78, 5) is 26.5. The second-order valence-electron chi connectivity index (χ2n) is 6.37. The van der Waals surface area contributed by atoms with Crippen LogP contribution in [0.3, 0.4) is 0 Å².